The van der Waals surface area contributed by atoms with E-state index in [0.717, 1.165) is 36.6 Å². The molecule has 0 unspecified atom stereocenters. The molecule has 1 saturated heterocycles. The fraction of sp³-hybridized carbons (Fsp3) is 0.500. The van der Waals surface area contributed by atoms with Gasteiger partial charge < -0.3 is 9.84 Å². The number of piperidine rings is 1. The molecule has 0 saturated carbocycles. The van der Waals surface area contributed by atoms with Crippen LogP contribution < -0.4 is 5.32 Å². The zero-order chi connectivity index (χ0) is 11.7. The van der Waals surface area contributed by atoms with Gasteiger partial charge in [0.1, 0.15) is 0 Å². The van der Waals surface area contributed by atoms with Crippen molar-refractivity contribution >= 4 is 11.3 Å². The van der Waals surface area contributed by atoms with Gasteiger partial charge in [-0.2, -0.15) is 4.98 Å². The zero-order valence-corrected chi connectivity index (χ0v) is 10.6. The summed E-state index contributed by atoms with van der Waals surface area (Å²) in [5, 5.41) is 9.53. The highest BCUT2D eigenvalue weighted by Gasteiger charge is 2.21. The van der Waals surface area contributed by atoms with E-state index in [4.69, 9.17) is 4.52 Å². The predicted molar refractivity (Wildman–Crippen MR) is 67.2 cm³/mol. The van der Waals surface area contributed by atoms with Gasteiger partial charge in [-0.15, -0.1) is 11.3 Å². The van der Waals surface area contributed by atoms with Crippen LogP contribution in [0.25, 0.3) is 10.8 Å². The van der Waals surface area contributed by atoms with Gasteiger partial charge >= 0.3 is 0 Å². The van der Waals surface area contributed by atoms with Gasteiger partial charge in [0.15, 0.2) is 5.82 Å². The SMILES string of the molecule is Cc1ccsc1-c1nc(C2CCNCC2)no1. The van der Waals surface area contributed by atoms with E-state index in [0.29, 0.717) is 11.8 Å². The minimum atomic E-state index is 0.453. The number of aromatic nitrogens is 2. The molecule has 1 N–H and O–H groups in total. The molecule has 0 radical (unpaired) electrons. The van der Waals surface area contributed by atoms with Crippen molar-refractivity contribution < 1.29 is 4.52 Å². The van der Waals surface area contributed by atoms with Crippen LogP contribution in [-0.4, -0.2) is 23.2 Å². The fourth-order valence-corrected chi connectivity index (χ4v) is 3.01. The minimum Gasteiger partial charge on any atom is -0.333 e. The topological polar surface area (TPSA) is 51.0 Å². The first-order valence-corrected chi connectivity index (χ1v) is 6.81. The van der Waals surface area contributed by atoms with Crippen LogP contribution in [-0.2, 0) is 0 Å². The summed E-state index contributed by atoms with van der Waals surface area (Å²) in [4.78, 5) is 5.64. The normalized spacial score (nSPS) is 17.5. The maximum absolute atomic E-state index is 5.37. The highest BCUT2D eigenvalue weighted by Crippen LogP contribution is 2.30. The van der Waals surface area contributed by atoms with Gasteiger partial charge in [0.25, 0.3) is 5.89 Å². The van der Waals surface area contributed by atoms with Gasteiger partial charge in [0.2, 0.25) is 0 Å². The summed E-state index contributed by atoms with van der Waals surface area (Å²) in [6.07, 6.45) is 2.20. The van der Waals surface area contributed by atoms with Crippen LogP contribution in [0.4, 0.5) is 0 Å². The Kier molecular flexibility index (Phi) is 2.94. The van der Waals surface area contributed by atoms with Gasteiger partial charge in [0.05, 0.1) is 4.88 Å². The van der Waals surface area contributed by atoms with E-state index in [1.807, 2.05) is 0 Å². The second-order valence-electron chi connectivity index (χ2n) is 4.41. The van der Waals surface area contributed by atoms with Crippen molar-refractivity contribution in [2.75, 3.05) is 13.1 Å². The highest BCUT2D eigenvalue weighted by atomic mass is 32.1. The van der Waals surface area contributed by atoms with Crippen LogP contribution in [0.5, 0.6) is 0 Å². The Morgan fingerprint density at radius 3 is 2.94 bits per heavy atom. The molecule has 0 amide bonds. The van der Waals surface area contributed by atoms with E-state index in [1.54, 1.807) is 11.3 Å². The number of hydrogen-bond acceptors (Lipinski definition) is 5. The van der Waals surface area contributed by atoms with E-state index < -0.39 is 0 Å². The Labute approximate surface area is 104 Å². The van der Waals surface area contributed by atoms with E-state index >= 15 is 0 Å². The quantitative estimate of drug-likeness (QED) is 0.888. The second-order valence-corrected chi connectivity index (χ2v) is 5.33. The van der Waals surface area contributed by atoms with E-state index in [1.165, 1.54) is 5.56 Å². The lowest BCUT2D eigenvalue weighted by atomic mass is 9.98. The molecule has 1 fully saturated rings. The van der Waals surface area contributed by atoms with Crippen molar-refractivity contribution in [2.45, 2.75) is 25.7 Å². The average Bonchev–Trinajstić information content (AvgIpc) is 2.98. The molecule has 2 aromatic heterocycles. The van der Waals surface area contributed by atoms with Crippen molar-refractivity contribution in [1.29, 1.82) is 0 Å². The third-order valence-electron chi connectivity index (χ3n) is 3.20. The molecule has 1 aliphatic rings. The van der Waals surface area contributed by atoms with Crippen LogP contribution >= 0.6 is 11.3 Å². The number of hydrogen-bond donors (Lipinski definition) is 1. The van der Waals surface area contributed by atoms with E-state index in [9.17, 15) is 0 Å². The molecule has 1 aliphatic heterocycles. The molecule has 90 valence electrons. The van der Waals surface area contributed by atoms with Crippen LogP contribution in [0.3, 0.4) is 0 Å². The zero-order valence-electron chi connectivity index (χ0n) is 9.77. The Morgan fingerprint density at radius 1 is 1.41 bits per heavy atom. The molecule has 0 bridgehead atoms. The number of aryl methyl sites for hydroxylation is 1. The average molecular weight is 249 g/mol. The number of rotatable bonds is 2. The molecule has 5 heteroatoms. The lowest BCUT2D eigenvalue weighted by Gasteiger charge is -2.18. The third-order valence-corrected chi connectivity index (χ3v) is 4.21. The Balaban J connectivity index is 1.85. The lowest BCUT2D eigenvalue weighted by Crippen LogP contribution is -2.27. The van der Waals surface area contributed by atoms with Crippen LogP contribution in [0.2, 0.25) is 0 Å². The maximum Gasteiger partial charge on any atom is 0.268 e. The largest absolute Gasteiger partial charge is 0.333 e. The van der Waals surface area contributed by atoms with Crippen molar-refractivity contribution in [1.82, 2.24) is 15.5 Å². The lowest BCUT2D eigenvalue weighted by molar-refractivity contribution is 0.392. The van der Waals surface area contributed by atoms with Crippen LogP contribution in [0, 0.1) is 6.92 Å². The van der Waals surface area contributed by atoms with Gasteiger partial charge in [0, 0.05) is 5.92 Å². The molecular formula is C12H15N3OS. The molecule has 0 aromatic carbocycles. The van der Waals surface area contributed by atoms with Gasteiger partial charge in [-0.25, -0.2) is 0 Å². The first kappa shape index (κ1) is 10.9. The van der Waals surface area contributed by atoms with Crippen molar-refractivity contribution in [3.05, 3.63) is 22.8 Å². The monoisotopic (exact) mass is 249 g/mol. The Morgan fingerprint density at radius 2 is 2.24 bits per heavy atom. The fourth-order valence-electron chi connectivity index (χ4n) is 2.16. The number of nitrogens with one attached hydrogen (secondary N) is 1. The minimum absolute atomic E-state index is 0.453. The van der Waals surface area contributed by atoms with Crippen molar-refractivity contribution in [3.8, 4) is 10.8 Å². The summed E-state index contributed by atoms with van der Waals surface area (Å²) in [5.41, 5.74) is 1.20. The summed E-state index contributed by atoms with van der Waals surface area (Å²) in [7, 11) is 0. The smallest absolute Gasteiger partial charge is 0.268 e. The molecule has 17 heavy (non-hydrogen) atoms. The van der Waals surface area contributed by atoms with Gasteiger partial charge in [-0.1, -0.05) is 5.16 Å². The number of nitrogens with zero attached hydrogens (tertiary/aromatic N) is 2. The van der Waals surface area contributed by atoms with Crippen molar-refractivity contribution in [3.63, 3.8) is 0 Å². The molecule has 0 aliphatic carbocycles. The molecule has 4 nitrogen and oxygen atoms in total. The Hall–Kier alpha value is -1.20. The molecular weight excluding hydrogens is 234 g/mol. The standard InChI is InChI=1S/C12H15N3OS/c1-8-4-7-17-10(8)12-14-11(15-16-12)9-2-5-13-6-3-9/h4,7,9,13H,2-3,5-6H2,1H3. The summed E-state index contributed by atoms with van der Waals surface area (Å²) < 4.78 is 5.37. The Bertz CT molecular complexity index is 499. The predicted octanol–water partition coefficient (Wildman–Crippen LogP) is 2.57. The molecule has 3 rings (SSSR count). The molecule has 2 aromatic rings. The van der Waals surface area contributed by atoms with Crippen molar-refractivity contribution in [2.24, 2.45) is 0 Å². The van der Waals surface area contributed by atoms with E-state index in [2.05, 4.69) is 33.8 Å². The molecule has 0 atom stereocenters. The number of thiophene rings is 1. The first-order chi connectivity index (χ1) is 8.34. The summed E-state index contributed by atoms with van der Waals surface area (Å²) in [5.74, 6) is 1.99. The van der Waals surface area contributed by atoms with Crippen LogP contribution in [0.15, 0.2) is 16.0 Å². The summed E-state index contributed by atoms with van der Waals surface area (Å²) in [6, 6.07) is 2.08. The van der Waals surface area contributed by atoms with Gasteiger partial charge in [-0.05, 0) is 49.9 Å². The maximum atomic E-state index is 5.37. The van der Waals surface area contributed by atoms with Crippen LogP contribution in [0.1, 0.15) is 30.1 Å². The summed E-state index contributed by atoms with van der Waals surface area (Å²) >= 11 is 1.65. The first-order valence-electron chi connectivity index (χ1n) is 5.93. The van der Waals surface area contributed by atoms with Gasteiger partial charge in [-0.3, -0.25) is 0 Å². The molecule has 0 spiro atoms. The molecule has 3 heterocycles. The second kappa shape index (κ2) is 4.58. The van der Waals surface area contributed by atoms with E-state index in [-0.39, 0.29) is 0 Å². The highest BCUT2D eigenvalue weighted by molar-refractivity contribution is 7.13. The summed E-state index contributed by atoms with van der Waals surface area (Å²) in [6.45, 7) is 4.17. The third kappa shape index (κ3) is 2.12.